The van der Waals surface area contributed by atoms with E-state index in [0.717, 1.165) is 3.57 Å². The minimum Gasteiger partial charge on any atom is -0.378 e. The molecule has 8 heteroatoms. The van der Waals surface area contributed by atoms with Gasteiger partial charge in [0.25, 0.3) is 5.69 Å². The van der Waals surface area contributed by atoms with Gasteiger partial charge in [-0.2, -0.15) is 0 Å². The molecule has 0 radical (unpaired) electrons. The number of halogens is 2. The summed E-state index contributed by atoms with van der Waals surface area (Å²) in [5, 5.41) is 11.0. The van der Waals surface area contributed by atoms with E-state index in [4.69, 9.17) is 16.3 Å². The third-order valence-electron chi connectivity index (χ3n) is 2.50. The Morgan fingerprint density at radius 2 is 2.00 bits per heavy atom. The van der Waals surface area contributed by atoms with Crippen molar-refractivity contribution >= 4 is 39.9 Å². The van der Waals surface area contributed by atoms with Crippen LogP contribution < -0.4 is 0 Å². The van der Waals surface area contributed by atoms with Crippen LogP contribution in [0.4, 0.5) is 5.69 Å². The van der Waals surface area contributed by atoms with Crippen molar-refractivity contribution < 1.29 is 9.66 Å². The number of nitro groups is 1. The van der Waals surface area contributed by atoms with Gasteiger partial charge >= 0.3 is 0 Å². The van der Waals surface area contributed by atoms with E-state index in [1.54, 1.807) is 19.2 Å². The first kappa shape index (κ1) is 15.1. The van der Waals surface area contributed by atoms with Crippen LogP contribution in [0.2, 0.25) is 5.15 Å². The number of nitro benzene ring substituents is 1. The lowest BCUT2D eigenvalue weighted by Gasteiger charge is -2.07. The number of methoxy groups -OCH3 is 1. The van der Waals surface area contributed by atoms with Gasteiger partial charge in [-0.25, -0.2) is 9.97 Å². The van der Waals surface area contributed by atoms with Gasteiger partial charge in [-0.3, -0.25) is 10.1 Å². The standard InChI is InChI=1S/C12H9ClIN3O3/c1-20-6-9-10(14)11(13)16-12(15-9)7-2-4-8(5-3-7)17(18)19/h2-5H,6H2,1H3. The molecular formula is C12H9ClIN3O3. The monoisotopic (exact) mass is 405 g/mol. The number of ether oxygens (including phenoxy) is 1. The van der Waals surface area contributed by atoms with Crippen LogP contribution in [-0.2, 0) is 11.3 Å². The SMILES string of the molecule is COCc1nc(-c2ccc([N+](=O)[O-])cc2)nc(Cl)c1I. The average molecular weight is 406 g/mol. The van der Waals surface area contributed by atoms with Gasteiger partial charge in [-0.1, -0.05) is 11.6 Å². The number of rotatable bonds is 4. The molecule has 0 saturated heterocycles. The summed E-state index contributed by atoms with van der Waals surface area (Å²) in [6.07, 6.45) is 0. The van der Waals surface area contributed by atoms with Crippen LogP contribution in [0.1, 0.15) is 5.69 Å². The molecule has 0 aliphatic heterocycles. The number of benzene rings is 1. The molecule has 6 nitrogen and oxygen atoms in total. The predicted octanol–water partition coefficient (Wildman–Crippen LogP) is 3.46. The van der Waals surface area contributed by atoms with E-state index >= 15 is 0 Å². The van der Waals surface area contributed by atoms with Crippen LogP contribution >= 0.6 is 34.2 Å². The lowest BCUT2D eigenvalue weighted by atomic mass is 10.2. The first-order chi connectivity index (χ1) is 9.52. The molecule has 0 aliphatic carbocycles. The number of nitrogens with zero attached hydrogens (tertiary/aromatic N) is 3. The average Bonchev–Trinajstić information content (AvgIpc) is 2.44. The second kappa shape index (κ2) is 6.42. The van der Waals surface area contributed by atoms with Crippen LogP contribution in [0.25, 0.3) is 11.4 Å². The Morgan fingerprint density at radius 3 is 2.55 bits per heavy atom. The van der Waals surface area contributed by atoms with Gasteiger partial charge in [0.1, 0.15) is 5.15 Å². The quantitative estimate of drug-likeness (QED) is 0.337. The Labute approximate surface area is 133 Å². The van der Waals surface area contributed by atoms with E-state index in [0.29, 0.717) is 28.8 Å². The van der Waals surface area contributed by atoms with Gasteiger partial charge in [-0.05, 0) is 34.7 Å². The third-order valence-corrected chi connectivity index (χ3v) is 4.22. The molecule has 2 rings (SSSR count). The second-order valence-corrected chi connectivity index (χ2v) is 5.27. The Kier molecular flexibility index (Phi) is 4.84. The molecule has 1 aromatic heterocycles. The molecule has 104 valence electrons. The molecular weight excluding hydrogens is 397 g/mol. The summed E-state index contributed by atoms with van der Waals surface area (Å²) < 4.78 is 5.80. The fourth-order valence-corrected chi connectivity index (χ4v) is 2.14. The van der Waals surface area contributed by atoms with Crippen molar-refractivity contribution in [3.05, 3.63) is 48.8 Å². The molecule has 2 aromatic rings. The molecule has 1 aromatic carbocycles. The van der Waals surface area contributed by atoms with E-state index < -0.39 is 4.92 Å². The summed E-state index contributed by atoms with van der Waals surface area (Å²) in [7, 11) is 1.57. The van der Waals surface area contributed by atoms with Crippen molar-refractivity contribution in [2.75, 3.05) is 7.11 Å². The van der Waals surface area contributed by atoms with Gasteiger partial charge in [0.2, 0.25) is 0 Å². The lowest BCUT2D eigenvalue weighted by molar-refractivity contribution is -0.384. The van der Waals surface area contributed by atoms with Crippen molar-refractivity contribution in [3.63, 3.8) is 0 Å². The molecule has 0 unspecified atom stereocenters. The summed E-state index contributed by atoms with van der Waals surface area (Å²) in [4.78, 5) is 18.7. The molecule has 0 bridgehead atoms. The number of hydrogen-bond donors (Lipinski definition) is 0. The van der Waals surface area contributed by atoms with Crippen LogP contribution in [0.15, 0.2) is 24.3 Å². The highest BCUT2D eigenvalue weighted by Crippen LogP contribution is 2.25. The van der Waals surface area contributed by atoms with Crippen molar-refractivity contribution in [3.8, 4) is 11.4 Å². The molecule has 0 N–H and O–H groups in total. The first-order valence-corrected chi connectivity index (χ1v) is 6.94. The summed E-state index contributed by atoms with van der Waals surface area (Å²) >= 11 is 8.12. The van der Waals surface area contributed by atoms with Crippen molar-refractivity contribution in [1.82, 2.24) is 9.97 Å². The summed E-state index contributed by atoms with van der Waals surface area (Å²) in [6, 6.07) is 5.99. The number of non-ortho nitro benzene ring substituents is 1. The van der Waals surface area contributed by atoms with E-state index in [1.165, 1.54) is 12.1 Å². The number of hydrogen-bond acceptors (Lipinski definition) is 5. The van der Waals surface area contributed by atoms with Crippen LogP contribution in [0, 0.1) is 13.7 Å². The fraction of sp³-hybridized carbons (Fsp3) is 0.167. The minimum atomic E-state index is -0.456. The zero-order valence-electron chi connectivity index (χ0n) is 10.3. The van der Waals surface area contributed by atoms with Crippen LogP contribution in [0.5, 0.6) is 0 Å². The Bertz CT molecular complexity index is 649. The van der Waals surface area contributed by atoms with Gasteiger partial charge in [-0.15, -0.1) is 0 Å². The Balaban J connectivity index is 2.44. The van der Waals surface area contributed by atoms with Crippen LogP contribution in [-0.4, -0.2) is 22.0 Å². The zero-order chi connectivity index (χ0) is 14.7. The van der Waals surface area contributed by atoms with Crippen molar-refractivity contribution in [1.29, 1.82) is 0 Å². The Morgan fingerprint density at radius 1 is 1.35 bits per heavy atom. The summed E-state index contributed by atoms with van der Waals surface area (Å²) in [6.45, 7) is 0.320. The maximum Gasteiger partial charge on any atom is 0.269 e. The number of aromatic nitrogens is 2. The molecule has 0 aliphatic rings. The van der Waals surface area contributed by atoms with E-state index in [2.05, 4.69) is 32.6 Å². The molecule has 0 spiro atoms. The molecule has 0 atom stereocenters. The van der Waals surface area contributed by atoms with Gasteiger partial charge in [0.05, 0.1) is 20.8 Å². The highest BCUT2D eigenvalue weighted by Gasteiger charge is 2.13. The molecule has 0 amide bonds. The normalized spacial score (nSPS) is 10.6. The molecule has 20 heavy (non-hydrogen) atoms. The fourth-order valence-electron chi connectivity index (χ4n) is 1.56. The van der Waals surface area contributed by atoms with Gasteiger partial charge < -0.3 is 4.74 Å². The molecule has 0 saturated carbocycles. The van der Waals surface area contributed by atoms with E-state index in [9.17, 15) is 10.1 Å². The predicted molar refractivity (Wildman–Crippen MR) is 82.6 cm³/mol. The smallest absolute Gasteiger partial charge is 0.269 e. The van der Waals surface area contributed by atoms with E-state index in [-0.39, 0.29) is 5.69 Å². The first-order valence-electron chi connectivity index (χ1n) is 5.48. The van der Waals surface area contributed by atoms with E-state index in [1.807, 2.05) is 0 Å². The highest BCUT2D eigenvalue weighted by molar-refractivity contribution is 14.1. The molecule has 0 fully saturated rings. The maximum atomic E-state index is 10.6. The highest BCUT2D eigenvalue weighted by atomic mass is 127. The lowest BCUT2D eigenvalue weighted by Crippen LogP contribution is -2.02. The topological polar surface area (TPSA) is 78.2 Å². The third kappa shape index (κ3) is 3.22. The summed E-state index contributed by atoms with van der Waals surface area (Å²) in [5.41, 5.74) is 1.36. The van der Waals surface area contributed by atoms with Gasteiger partial charge in [0.15, 0.2) is 5.82 Å². The van der Waals surface area contributed by atoms with Crippen LogP contribution in [0.3, 0.4) is 0 Å². The minimum absolute atomic E-state index is 0.0162. The van der Waals surface area contributed by atoms with Gasteiger partial charge in [0, 0.05) is 24.8 Å². The zero-order valence-corrected chi connectivity index (χ0v) is 13.3. The Hall–Kier alpha value is -1.32. The second-order valence-electron chi connectivity index (χ2n) is 3.84. The summed E-state index contributed by atoms with van der Waals surface area (Å²) in [5.74, 6) is 0.414. The largest absolute Gasteiger partial charge is 0.378 e. The maximum absolute atomic E-state index is 10.6. The molecule has 1 heterocycles. The van der Waals surface area contributed by atoms with Crippen molar-refractivity contribution in [2.24, 2.45) is 0 Å². The van der Waals surface area contributed by atoms with Crippen molar-refractivity contribution in [2.45, 2.75) is 6.61 Å².